The summed E-state index contributed by atoms with van der Waals surface area (Å²) in [7, 11) is 0. The lowest BCUT2D eigenvalue weighted by Gasteiger charge is -2.06. The van der Waals surface area contributed by atoms with Gasteiger partial charge in [-0.3, -0.25) is 4.79 Å². The summed E-state index contributed by atoms with van der Waals surface area (Å²) in [6.45, 7) is 2.02. The van der Waals surface area contributed by atoms with E-state index in [4.69, 9.17) is 4.74 Å². The molecule has 24 heavy (non-hydrogen) atoms. The van der Waals surface area contributed by atoms with E-state index >= 15 is 0 Å². The third-order valence-electron chi connectivity index (χ3n) is 3.04. The van der Waals surface area contributed by atoms with Crippen LogP contribution < -0.4 is 5.32 Å². The quantitative estimate of drug-likeness (QED) is 0.670. The molecule has 1 N–H and O–H groups in total. The van der Waals surface area contributed by atoms with E-state index in [0.29, 0.717) is 18.4 Å². The molecule has 0 aromatic heterocycles. The zero-order valence-corrected chi connectivity index (χ0v) is 12.9. The fourth-order valence-corrected chi connectivity index (χ4v) is 1.90. The van der Waals surface area contributed by atoms with Crippen molar-refractivity contribution in [2.75, 3.05) is 11.9 Å². The van der Waals surface area contributed by atoms with Crippen molar-refractivity contribution in [2.45, 2.75) is 6.92 Å². The number of carbonyl (C=O) groups excluding carboxylic acids is 2. The Hall–Kier alpha value is -3.02. The standard InChI is InChI=1S/C18H15F2NO3/c1-2-24-17(22)10-5-12-3-7-14(8-4-12)21-18(23)15-9-6-13(19)11-16(15)20/h3-11H,2H2,1H3,(H,21,23). The van der Waals surface area contributed by atoms with Crippen LogP contribution in [0, 0.1) is 11.6 Å². The first-order valence-electron chi connectivity index (χ1n) is 7.21. The topological polar surface area (TPSA) is 55.4 Å². The number of halogens is 2. The van der Waals surface area contributed by atoms with Crippen molar-refractivity contribution >= 4 is 23.6 Å². The molecule has 4 nitrogen and oxygen atoms in total. The molecule has 1 amide bonds. The van der Waals surface area contributed by atoms with Gasteiger partial charge in [0.25, 0.3) is 5.91 Å². The monoisotopic (exact) mass is 331 g/mol. The van der Waals surface area contributed by atoms with Crippen LogP contribution in [0.15, 0.2) is 48.5 Å². The predicted octanol–water partition coefficient (Wildman–Crippen LogP) is 3.79. The van der Waals surface area contributed by atoms with Crippen molar-refractivity contribution in [1.82, 2.24) is 0 Å². The smallest absolute Gasteiger partial charge is 0.330 e. The summed E-state index contributed by atoms with van der Waals surface area (Å²) >= 11 is 0. The molecule has 124 valence electrons. The molecule has 0 fully saturated rings. The van der Waals surface area contributed by atoms with Gasteiger partial charge in [0.15, 0.2) is 0 Å². The van der Waals surface area contributed by atoms with Crippen molar-refractivity contribution in [3.8, 4) is 0 Å². The third-order valence-corrected chi connectivity index (χ3v) is 3.04. The Balaban J connectivity index is 2.03. The number of anilines is 1. The van der Waals surface area contributed by atoms with Gasteiger partial charge >= 0.3 is 5.97 Å². The minimum absolute atomic E-state index is 0.248. The summed E-state index contributed by atoms with van der Waals surface area (Å²) in [6.07, 6.45) is 2.87. The second-order valence-corrected chi connectivity index (χ2v) is 4.79. The summed E-state index contributed by atoms with van der Waals surface area (Å²) in [6, 6.07) is 9.29. The second-order valence-electron chi connectivity index (χ2n) is 4.79. The minimum atomic E-state index is -0.929. The van der Waals surface area contributed by atoms with Crippen LogP contribution in [0.3, 0.4) is 0 Å². The van der Waals surface area contributed by atoms with Crippen molar-refractivity contribution in [3.05, 3.63) is 71.3 Å². The number of carbonyl (C=O) groups is 2. The molecule has 0 atom stereocenters. The largest absolute Gasteiger partial charge is 0.463 e. The summed E-state index contributed by atoms with van der Waals surface area (Å²) in [5, 5.41) is 2.51. The fourth-order valence-electron chi connectivity index (χ4n) is 1.90. The van der Waals surface area contributed by atoms with Crippen molar-refractivity contribution in [3.63, 3.8) is 0 Å². The van der Waals surface area contributed by atoms with Crippen LogP contribution in [0.25, 0.3) is 6.08 Å². The summed E-state index contributed by atoms with van der Waals surface area (Å²) in [5.74, 6) is -2.80. The van der Waals surface area contributed by atoms with E-state index in [9.17, 15) is 18.4 Å². The van der Waals surface area contributed by atoms with Crippen LogP contribution >= 0.6 is 0 Å². The van der Waals surface area contributed by atoms with Gasteiger partial charge in [0.05, 0.1) is 12.2 Å². The molecule has 2 aromatic carbocycles. The molecule has 0 heterocycles. The number of esters is 1. The lowest BCUT2D eigenvalue weighted by atomic mass is 10.1. The van der Waals surface area contributed by atoms with E-state index in [2.05, 4.69) is 5.32 Å². The van der Waals surface area contributed by atoms with Gasteiger partial charge in [0.2, 0.25) is 0 Å². The van der Waals surface area contributed by atoms with Crippen molar-refractivity contribution < 1.29 is 23.1 Å². The molecule has 0 aliphatic heterocycles. The molecular formula is C18H15F2NO3. The number of ether oxygens (including phenoxy) is 1. The Morgan fingerprint density at radius 3 is 2.46 bits per heavy atom. The number of nitrogens with one attached hydrogen (secondary N) is 1. The summed E-state index contributed by atoms with van der Waals surface area (Å²) < 4.78 is 31.2. The molecule has 6 heteroatoms. The molecule has 0 unspecified atom stereocenters. The zero-order valence-electron chi connectivity index (χ0n) is 12.9. The van der Waals surface area contributed by atoms with Crippen molar-refractivity contribution in [1.29, 1.82) is 0 Å². The highest BCUT2D eigenvalue weighted by Crippen LogP contribution is 2.15. The summed E-state index contributed by atoms with van der Waals surface area (Å²) in [4.78, 5) is 23.2. The van der Waals surface area contributed by atoms with Gasteiger partial charge in [-0.05, 0) is 42.8 Å². The Morgan fingerprint density at radius 1 is 1.12 bits per heavy atom. The SMILES string of the molecule is CCOC(=O)C=Cc1ccc(NC(=O)c2ccc(F)cc2F)cc1. The first kappa shape index (κ1) is 17.3. The highest BCUT2D eigenvalue weighted by molar-refractivity contribution is 6.04. The van der Waals surface area contributed by atoms with Crippen LogP contribution in [0.1, 0.15) is 22.8 Å². The zero-order chi connectivity index (χ0) is 17.5. The maximum Gasteiger partial charge on any atom is 0.330 e. The average Bonchev–Trinajstić information content (AvgIpc) is 2.54. The normalized spacial score (nSPS) is 10.6. The van der Waals surface area contributed by atoms with E-state index in [0.717, 1.165) is 17.7 Å². The first-order chi connectivity index (χ1) is 11.5. The molecule has 0 bridgehead atoms. The first-order valence-corrected chi connectivity index (χ1v) is 7.21. The van der Waals surface area contributed by atoms with Gasteiger partial charge in [0.1, 0.15) is 11.6 Å². The lowest BCUT2D eigenvalue weighted by molar-refractivity contribution is -0.137. The second kappa shape index (κ2) is 8.01. The van der Waals surface area contributed by atoms with Crippen LogP contribution in [-0.2, 0) is 9.53 Å². The van der Waals surface area contributed by atoms with Gasteiger partial charge in [-0.15, -0.1) is 0 Å². The molecule has 0 aliphatic carbocycles. The number of hydrogen-bond donors (Lipinski definition) is 1. The van der Waals surface area contributed by atoms with Gasteiger partial charge in [-0.1, -0.05) is 12.1 Å². The molecule has 0 spiro atoms. The Kier molecular flexibility index (Phi) is 5.78. The fraction of sp³-hybridized carbons (Fsp3) is 0.111. The molecular weight excluding hydrogens is 316 g/mol. The molecule has 0 aliphatic rings. The van der Waals surface area contributed by atoms with Gasteiger partial charge in [-0.25, -0.2) is 13.6 Å². The Labute approximate surface area is 137 Å². The number of benzene rings is 2. The number of hydrogen-bond acceptors (Lipinski definition) is 3. The number of amides is 1. The highest BCUT2D eigenvalue weighted by Gasteiger charge is 2.12. The molecule has 0 saturated heterocycles. The van der Waals surface area contributed by atoms with E-state index in [1.54, 1.807) is 37.3 Å². The van der Waals surface area contributed by atoms with Gasteiger partial charge in [0, 0.05) is 17.8 Å². The van der Waals surface area contributed by atoms with E-state index < -0.39 is 23.5 Å². The maximum absolute atomic E-state index is 13.6. The third kappa shape index (κ3) is 4.74. The van der Waals surface area contributed by atoms with Gasteiger partial charge in [-0.2, -0.15) is 0 Å². The highest BCUT2D eigenvalue weighted by atomic mass is 19.1. The lowest BCUT2D eigenvalue weighted by Crippen LogP contribution is -2.13. The van der Waals surface area contributed by atoms with Gasteiger partial charge < -0.3 is 10.1 Å². The average molecular weight is 331 g/mol. The maximum atomic E-state index is 13.6. The molecule has 2 aromatic rings. The van der Waals surface area contributed by atoms with E-state index in [1.165, 1.54) is 6.08 Å². The van der Waals surface area contributed by atoms with Crippen LogP contribution in [0.2, 0.25) is 0 Å². The van der Waals surface area contributed by atoms with E-state index in [1.807, 2.05) is 0 Å². The van der Waals surface area contributed by atoms with E-state index in [-0.39, 0.29) is 5.56 Å². The van der Waals surface area contributed by atoms with Crippen LogP contribution in [0.4, 0.5) is 14.5 Å². The van der Waals surface area contributed by atoms with Crippen LogP contribution in [-0.4, -0.2) is 18.5 Å². The predicted molar refractivity (Wildman–Crippen MR) is 86.4 cm³/mol. The van der Waals surface area contributed by atoms with Crippen LogP contribution in [0.5, 0.6) is 0 Å². The van der Waals surface area contributed by atoms with Crippen molar-refractivity contribution in [2.24, 2.45) is 0 Å². The molecule has 2 rings (SSSR count). The Bertz CT molecular complexity index is 770. The summed E-state index contributed by atoms with van der Waals surface area (Å²) in [5.41, 5.74) is 0.925. The minimum Gasteiger partial charge on any atom is -0.463 e. The molecule has 0 saturated carbocycles. The molecule has 0 radical (unpaired) electrons. The Morgan fingerprint density at radius 2 is 1.83 bits per heavy atom. The number of rotatable bonds is 5.